The van der Waals surface area contributed by atoms with Crippen molar-refractivity contribution in [1.82, 2.24) is 14.1 Å². The van der Waals surface area contributed by atoms with Crippen LogP contribution in [0.4, 0.5) is 0 Å². The topological polar surface area (TPSA) is 35.9 Å². The summed E-state index contributed by atoms with van der Waals surface area (Å²) in [6.45, 7) is 12.9. The molecule has 0 amide bonds. The summed E-state index contributed by atoms with van der Waals surface area (Å²) in [5, 5.41) is 2.03. The molecule has 0 aliphatic heterocycles. The van der Waals surface area contributed by atoms with Gasteiger partial charge in [-0.2, -0.15) is 18.2 Å². The van der Waals surface area contributed by atoms with Crippen molar-refractivity contribution >= 4 is 32.8 Å². The molecule has 6 heteroatoms. The molecule has 10 aromatic rings. The van der Waals surface area contributed by atoms with E-state index in [0.29, 0.717) is 34.6 Å². The van der Waals surface area contributed by atoms with Crippen molar-refractivity contribution in [2.45, 2.75) is 53.4 Å². The van der Waals surface area contributed by atoms with Crippen LogP contribution in [0.1, 0.15) is 66.4 Å². The second-order valence-electron chi connectivity index (χ2n) is 17.6. The van der Waals surface area contributed by atoms with E-state index < -0.39 is 60.4 Å². The third-order valence-corrected chi connectivity index (χ3v) is 10.9. The molecule has 0 radical (unpaired) electrons. The Morgan fingerprint density at radius 2 is 1.35 bits per heavy atom. The van der Waals surface area contributed by atoms with Crippen LogP contribution in [0, 0.1) is 23.9 Å². The summed E-state index contributed by atoms with van der Waals surface area (Å²) >= 11 is 0. The number of hydrogen-bond acceptors (Lipinski definition) is 2. The monoisotopic (exact) mass is 1010 g/mol. The van der Waals surface area contributed by atoms with Gasteiger partial charge in [-0.3, -0.25) is 4.57 Å². The molecular formula is C57H48N4OPt-2. The molecule has 5 nitrogen and oxygen atoms in total. The van der Waals surface area contributed by atoms with Crippen molar-refractivity contribution in [1.29, 1.82) is 0 Å². The first-order chi connectivity index (χ1) is 34.1. The van der Waals surface area contributed by atoms with Gasteiger partial charge in [0.05, 0.1) is 30.4 Å². The third kappa shape index (κ3) is 8.15. The molecule has 0 unspecified atom stereocenters. The molecule has 0 aliphatic carbocycles. The predicted octanol–water partition coefficient (Wildman–Crippen LogP) is 13.8. The Morgan fingerprint density at radius 3 is 2.05 bits per heavy atom. The van der Waals surface area contributed by atoms with E-state index in [1.807, 2.05) is 66.9 Å². The van der Waals surface area contributed by atoms with Gasteiger partial charge >= 0.3 is 0 Å². The summed E-state index contributed by atoms with van der Waals surface area (Å²) in [6, 6.07) is 34.2. The van der Waals surface area contributed by atoms with E-state index in [4.69, 9.17) is 23.4 Å². The largest absolute Gasteiger partial charge is 0.510 e. The zero-order valence-electron chi connectivity index (χ0n) is 45.6. The summed E-state index contributed by atoms with van der Waals surface area (Å²) in [6.07, 6.45) is 5.99. The fraction of sp³-hybridized carbons (Fsp3) is 0.158. The zero-order chi connectivity index (χ0) is 51.3. The van der Waals surface area contributed by atoms with Gasteiger partial charge in [-0.15, -0.1) is 29.7 Å². The zero-order valence-corrected chi connectivity index (χ0v) is 37.9. The van der Waals surface area contributed by atoms with Crippen LogP contribution < -0.4 is 9.30 Å². The number of benzene rings is 7. The summed E-state index contributed by atoms with van der Waals surface area (Å²) in [7, 11) is 0. The van der Waals surface area contributed by atoms with Gasteiger partial charge in [0.15, 0.2) is 0 Å². The average Bonchev–Trinajstić information content (AvgIpc) is 3.89. The Hall–Kier alpha value is -6.55. The van der Waals surface area contributed by atoms with Gasteiger partial charge in [0, 0.05) is 44.3 Å². The van der Waals surface area contributed by atoms with E-state index in [1.54, 1.807) is 33.4 Å². The minimum Gasteiger partial charge on any atom is -0.510 e. The van der Waals surface area contributed by atoms with Gasteiger partial charge in [-0.1, -0.05) is 162 Å². The summed E-state index contributed by atoms with van der Waals surface area (Å²) in [5.74, 6) is 1.56. The Labute approximate surface area is 398 Å². The molecule has 10 rings (SSSR count). The number of aromatic nitrogens is 4. The number of fused-ring (bicyclic) bond motifs is 4. The van der Waals surface area contributed by atoms with Crippen LogP contribution in [0.2, 0.25) is 0 Å². The quantitative estimate of drug-likeness (QED) is 0.112. The summed E-state index contributed by atoms with van der Waals surface area (Å²) < 4.78 is 100.0. The molecule has 3 aromatic heterocycles. The predicted molar refractivity (Wildman–Crippen MR) is 253 cm³/mol. The second-order valence-corrected chi connectivity index (χ2v) is 17.6. The molecule has 63 heavy (non-hydrogen) atoms. The van der Waals surface area contributed by atoms with Crippen LogP contribution in [0.25, 0.3) is 72.3 Å². The molecule has 0 bridgehead atoms. The first-order valence-corrected chi connectivity index (χ1v) is 20.5. The number of imidazole rings is 1. The smallest absolute Gasteiger partial charge is 0.268 e. The van der Waals surface area contributed by atoms with Gasteiger partial charge in [0.1, 0.15) is 5.82 Å². The fourth-order valence-corrected chi connectivity index (χ4v) is 8.10. The molecule has 0 saturated heterocycles. The van der Waals surface area contributed by atoms with Crippen molar-refractivity contribution in [2.75, 3.05) is 0 Å². The van der Waals surface area contributed by atoms with Gasteiger partial charge in [-0.05, 0) is 80.4 Å². The third-order valence-electron chi connectivity index (χ3n) is 10.9. The standard InChI is InChI=1S/C57H48N4O.Pt/c1-56(2,3)37-39-27-30-51-53(33-39)60(55-46(40-17-9-7-10-18-40)24-16-25-47(55)41-19-11-8-12-20-41)38-59(51)43-21-15-22-44(35-43)62-45-28-29-49-48-23-13-14-26-50(48)61(52(49)36-45)54-34-42(31-32-58-54)57(4,5)6;/h7-34H,37H2,1-6H3;/q-2;/i7D,8D,9D,10D,11D,12D,17D,18D,19D,20D;. The van der Waals surface area contributed by atoms with Crippen LogP contribution in [0.15, 0.2) is 170 Å². The van der Waals surface area contributed by atoms with E-state index >= 15 is 0 Å². The van der Waals surface area contributed by atoms with Crippen LogP contribution in [-0.4, -0.2) is 14.1 Å². The molecule has 3 heterocycles. The van der Waals surface area contributed by atoms with Gasteiger partial charge in [-0.25, -0.2) is 4.98 Å². The van der Waals surface area contributed by atoms with Crippen molar-refractivity contribution < 1.29 is 44.1 Å². The van der Waals surface area contributed by atoms with Crippen LogP contribution in [-0.2, 0) is 32.9 Å². The summed E-state index contributed by atoms with van der Waals surface area (Å²) in [4.78, 5) is 4.81. The molecule has 0 fully saturated rings. The molecule has 0 atom stereocenters. The Morgan fingerprint density at radius 1 is 0.667 bits per heavy atom. The molecule has 0 spiro atoms. The Kier molecular flexibility index (Phi) is 8.26. The second kappa shape index (κ2) is 16.6. The van der Waals surface area contributed by atoms with Crippen molar-refractivity contribution in [2.24, 2.45) is 5.41 Å². The maximum Gasteiger partial charge on any atom is 0.268 e. The minimum atomic E-state index is -0.569. The molecule has 314 valence electrons. The number of para-hydroxylation sites is 2. The molecule has 7 aromatic carbocycles. The SMILES string of the molecule is [2H]c1c([2H])c([2H])c(-c2cccc(-c3c([2H])c([2H])c([2H])c([2H])c3[2H])c2-[n+]2[c-]n(-c3[c-]c(Oc4[c-]c5c(cc4)c4ccccc4n5-c4cc(C(C)(C)C)ccn4)ccc3)c3ccc(CC(C)(C)C)cc32)c([2H])c1[2H].[Pt]. The first-order valence-electron chi connectivity index (χ1n) is 25.5. The number of rotatable bonds is 8. The molecule has 0 aliphatic rings. The Balaban J connectivity index is 0.00000656. The van der Waals surface area contributed by atoms with Crippen molar-refractivity contribution in [3.05, 3.63) is 199 Å². The van der Waals surface area contributed by atoms with E-state index in [-0.39, 0.29) is 59.8 Å². The van der Waals surface area contributed by atoms with Gasteiger partial charge in [0.25, 0.3) is 6.33 Å². The van der Waals surface area contributed by atoms with E-state index in [0.717, 1.165) is 38.8 Å². The molecular weight excluding hydrogens is 952 g/mol. The van der Waals surface area contributed by atoms with E-state index in [2.05, 4.69) is 82.8 Å². The van der Waals surface area contributed by atoms with Crippen molar-refractivity contribution in [3.63, 3.8) is 0 Å². The maximum absolute atomic E-state index is 9.12. The number of nitrogens with zero attached hydrogens (tertiary/aromatic N) is 4. The molecule has 0 saturated carbocycles. The van der Waals surface area contributed by atoms with Gasteiger partial charge < -0.3 is 13.9 Å². The van der Waals surface area contributed by atoms with Crippen LogP contribution in [0.3, 0.4) is 0 Å². The minimum absolute atomic E-state index is 0. The maximum atomic E-state index is 9.12. The van der Waals surface area contributed by atoms with Crippen LogP contribution in [0.5, 0.6) is 11.5 Å². The fourth-order valence-electron chi connectivity index (χ4n) is 8.10. The van der Waals surface area contributed by atoms with Gasteiger partial charge in [0.2, 0.25) is 0 Å². The molecule has 0 N–H and O–H groups in total. The number of ether oxygens (including phenoxy) is 1. The number of hydrogen-bond donors (Lipinski definition) is 0. The average molecular weight is 1010 g/mol. The van der Waals surface area contributed by atoms with Crippen LogP contribution >= 0.6 is 0 Å². The first kappa shape index (κ1) is 31.3. The normalized spacial score (nSPS) is 14.1. The number of pyridine rings is 1. The summed E-state index contributed by atoms with van der Waals surface area (Å²) in [5.41, 5.74) is 5.55. The Bertz CT molecular complexity index is 3730. The van der Waals surface area contributed by atoms with E-state index in [1.165, 1.54) is 0 Å². The van der Waals surface area contributed by atoms with E-state index in [9.17, 15) is 0 Å². The van der Waals surface area contributed by atoms with Crippen molar-refractivity contribution in [3.8, 4) is 50.9 Å².